The van der Waals surface area contributed by atoms with Crippen molar-refractivity contribution in [2.75, 3.05) is 0 Å². The minimum Gasteiger partial charge on any atom is -0.353 e. The molecule has 1 N–H and O–H groups in total. The Bertz CT molecular complexity index is 343. The topological polar surface area (TPSA) is 124 Å². The number of phosphoric ester groups is 1. The Balaban J connectivity index is 4.51. The summed E-state index contributed by atoms with van der Waals surface area (Å²) >= 11 is 0. The van der Waals surface area contributed by atoms with E-state index in [1.165, 1.54) is 0 Å². The molecule has 0 fully saturated rings. The molecule has 0 aromatic carbocycles. The molecule has 0 aliphatic heterocycles. The summed E-state index contributed by atoms with van der Waals surface area (Å²) in [7, 11) is -5.53. The van der Waals surface area contributed by atoms with Gasteiger partial charge in [0.15, 0.2) is 0 Å². The molecule has 0 heterocycles. The average Bonchev–Trinajstić information content (AvgIpc) is 2.01. The Labute approximate surface area is 79.4 Å². The molecule has 0 aliphatic carbocycles. The molecular weight excluding hydrogens is 245 g/mol. The summed E-state index contributed by atoms with van der Waals surface area (Å²) in [6.45, 7) is 0. The minimum atomic E-state index is -5.53. The van der Waals surface area contributed by atoms with E-state index in [9.17, 15) is 32.5 Å². The highest BCUT2D eigenvalue weighted by Crippen LogP contribution is 2.43. The summed E-state index contributed by atoms with van der Waals surface area (Å²) in [6, 6.07) is -5.49. The maximum Gasteiger partial charge on any atom is 0.590 e. The van der Waals surface area contributed by atoms with Gasteiger partial charge >= 0.3 is 31.8 Å². The van der Waals surface area contributed by atoms with Crippen LogP contribution in [0, 0.1) is 0 Å². The first-order chi connectivity index (χ1) is 6.65. The number of hydrogen-bond acceptors (Lipinski definition) is 7. The fourth-order valence-electron chi connectivity index (χ4n) is 0.300. The van der Waals surface area contributed by atoms with Crippen LogP contribution in [0.3, 0.4) is 0 Å². The van der Waals surface area contributed by atoms with Crippen molar-refractivity contribution < 1.29 is 46.5 Å². The van der Waals surface area contributed by atoms with Gasteiger partial charge in [-0.3, -0.25) is 4.89 Å². The molecule has 0 saturated heterocycles. The van der Waals surface area contributed by atoms with Gasteiger partial charge in [0, 0.05) is 0 Å². The minimum absolute atomic E-state index is 2.43. The van der Waals surface area contributed by atoms with Crippen LogP contribution in [0.25, 0.3) is 0 Å². The van der Waals surface area contributed by atoms with Crippen molar-refractivity contribution in [1.29, 1.82) is 0 Å². The summed E-state index contributed by atoms with van der Waals surface area (Å²) in [5.41, 5.74) is 0. The van der Waals surface area contributed by atoms with Crippen molar-refractivity contribution in [3.8, 4) is 0 Å². The first-order valence-corrected chi connectivity index (χ1v) is 4.35. The predicted octanol–water partition coefficient (Wildman–Crippen LogP) is -0.835. The Morgan fingerprint density at radius 1 is 0.933 bits per heavy atom. The molecular formula is C4HF2O8P. The molecule has 0 aliphatic rings. The molecule has 84 valence electrons. The van der Waals surface area contributed by atoms with Crippen molar-refractivity contribution in [3.05, 3.63) is 0 Å². The van der Waals surface area contributed by atoms with E-state index >= 15 is 0 Å². The maximum atomic E-state index is 11.5. The van der Waals surface area contributed by atoms with Crippen LogP contribution < -0.4 is 0 Å². The van der Waals surface area contributed by atoms with Crippen molar-refractivity contribution in [3.63, 3.8) is 0 Å². The zero-order valence-corrected chi connectivity index (χ0v) is 7.40. The lowest BCUT2D eigenvalue weighted by atomic mass is 10.8. The molecule has 0 saturated carbocycles. The van der Waals surface area contributed by atoms with E-state index in [-0.39, 0.29) is 0 Å². The van der Waals surface area contributed by atoms with E-state index in [0.717, 1.165) is 0 Å². The third-order valence-corrected chi connectivity index (χ3v) is 1.51. The van der Waals surface area contributed by atoms with Gasteiger partial charge in [-0.2, -0.15) is 8.78 Å². The zero-order valence-electron chi connectivity index (χ0n) is 6.51. The SMILES string of the molecule is O=C(F)C(=O)OP(=O)(O)OC(=O)C(=O)F. The fourth-order valence-corrected chi connectivity index (χ4v) is 0.900. The molecule has 15 heavy (non-hydrogen) atoms. The number of rotatable bonds is 4. The number of carbonyl (C=O) groups excluding carboxylic acids is 4. The van der Waals surface area contributed by atoms with E-state index < -0.39 is 31.8 Å². The summed E-state index contributed by atoms with van der Waals surface area (Å²) in [5.74, 6) is -4.86. The van der Waals surface area contributed by atoms with Crippen molar-refractivity contribution >= 4 is 31.8 Å². The highest BCUT2D eigenvalue weighted by molar-refractivity contribution is 7.48. The van der Waals surface area contributed by atoms with Gasteiger partial charge in [-0.25, -0.2) is 23.7 Å². The van der Waals surface area contributed by atoms with E-state index in [2.05, 4.69) is 9.05 Å². The molecule has 0 rings (SSSR count). The van der Waals surface area contributed by atoms with Gasteiger partial charge in [-0.05, 0) is 0 Å². The third kappa shape index (κ3) is 4.93. The van der Waals surface area contributed by atoms with Crippen molar-refractivity contribution in [1.82, 2.24) is 0 Å². The smallest absolute Gasteiger partial charge is 0.353 e. The molecule has 0 radical (unpaired) electrons. The third-order valence-electron chi connectivity index (χ3n) is 0.718. The van der Waals surface area contributed by atoms with Gasteiger partial charge in [0.1, 0.15) is 0 Å². The van der Waals surface area contributed by atoms with E-state index in [4.69, 9.17) is 4.89 Å². The molecule has 0 unspecified atom stereocenters. The first kappa shape index (κ1) is 13.3. The van der Waals surface area contributed by atoms with Gasteiger partial charge in [-0.1, -0.05) is 0 Å². The number of hydrogen-bond donors (Lipinski definition) is 1. The Hall–Kier alpha value is -1.67. The van der Waals surface area contributed by atoms with Crippen LogP contribution in [0.2, 0.25) is 0 Å². The van der Waals surface area contributed by atoms with Gasteiger partial charge in [0.05, 0.1) is 0 Å². The lowest BCUT2D eigenvalue weighted by Gasteiger charge is -2.07. The van der Waals surface area contributed by atoms with E-state index in [1.807, 2.05) is 0 Å². The monoisotopic (exact) mass is 246 g/mol. The Morgan fingerprint density at radius 3 is 1.40 bits per heavy atom. The van der Waals surface area contributed by atoms with Gasteiger partial charge in [0.2, 0.25) is 0 Å². The largest absolute Gasteiger partial charge is 0.590 e. The lowest BCUT2D eigenvalue weighted by molar-refractivity contribution is -0.157. The normalized spacial score (nSPS) is 10.3. The van der Waals surface area contributed by atoms with Crippen LogP contribution in [0.4, 0.5) is 8.78 Å². The maximum absolute atomic E-state index is 11.5. The van der Waals surface area contributed by atoms with Crippen molar-refractivity contribution in [2.45, 2.75) is 0 Å². The van der Waals surface area contributed by atoms with Crippen LogP contribution >= 0.6 is 7.82 Å². The summed E-state index contributed by atoms with van der Waals surface area (Å²) in [4.78, 5) is 47.7. The average molecular weight is 246 g/mol. The summed E-state index contributed by atoms with van der Waals surface area (Å²) in [5, 5.41) is 0. The van der Waals surface area contributed by atoms with Crippen LogP contribution in [-0.4, -0.2) is 28.9 Å². The fraction of sp³-hybridized carbons (Fsp3) is 0. The summed E-state index contributed by atoms with van der Waals surface area (Å²) < 4.78 is 39.7. The second kappa shape index (κ2) is 4.71. The highest BCUT2D eigenvalue weighted by atomic mass is 31.2. The number of phosphoric acid groups is 1. The highest BCUT2D eigenvalue weighted by Gasteiger charge is 2.35. The van der Waals surface area contributed by atoms with E-state index in [0.29, 0.717) is 0 Å². The van der Waals surface area contributed by atoms with Gasteiger partial charge in [-0.15, -0.1) is 0 Å². The zero-order chi connectivity index (χ0) is 12.2. The quantitative estimate of drug-likeness (QED) is 0.387. The molecule has 0 aromatic heterocycles. The molecule has 0 amide bonds. The molecule has 0 bridgehead atoms. The Morgan fingerprint density at radius 2 is 1.20 bits per heavy atom. The van der Waals surface area contributed by atoms with Crippen LogP contribution in [-0.2, 0) is 32.8 Å². The molecule has 0 aromatic rings. The molecule has 11 heteroatoms. The molecule has 0 spiro atoms. The Kier molecular flexibility index (Phi) is 4.19. The van der Waals surface area contributed by atoms with Crippen molar-refractivity contribution in [2.24, 2.45) is 0 Å². The molecule has 8 nitrogen and oxygen atoms in total. The first-order valence-electron chi connectivity index (χ1n) is 2.85. The lowest BCUT2D eigenvalue weighted by Crippen LogP contribution is -2.16. The number of carbonyl (C=O) groups is 4. The standard InChI is InChI=1S/C4HF2O8P/c5-1(7)3(9)13-15(11,12)14-4(10)2(6)8/h(H,11,12). The summed E-state index contributed by atoms with van der Waals surface area (Å²) in [6.07, 6.45) is 0. The van der Waals surface area contributed by atoms with Crippen LogP contribution in [0.15, 0.2) is 0 Å². The van der Waals surface area contributed by atoms with Gasteiger partial charge in [0.25, 0.3) is 0 Å². The van der Waals surface area contributed by atoms with E-state index in [1.54, 1.807) is 0 Å². The van der Waals surface area contributed by atoms with Crippen LogP contribution in [0.1, 0.15) is 0 Å². The van der Waals surface area contributed by atoms with Crippen LogP contribution in [0.5, 0.6) is 0 Å². The molecule has 0 atom stereocenters. The second-order valence-corrected chi connectivity index (χ2v) is 3.08. The predicted molar refractivity (Wildman–Crippen MR) is 34.2 cm³/mol. The number of halogens is 2. The second-order valence-electron chi connectivity index (χ2n) is 1.77. The van der Waals surface area contributed by atoms with Gasteiger partial charge < -0.3 is 9.05 Å².